The number of fused-ring (bicyclic) bond motifs is 1. The van der Waals surface area contributed by atoms with Gasteiger partial charge in [0.05, 0.1) is 17.3 Å². The summed E-state index contributed by atoms with van der Waals surface area (Å²) >= 11 is 0. The number of nitrogens with two attached hydrogens (primary N) is 1. The fraction of sp³-hybridized carbons (Fsp3) is 0.158. The van der Waals surface area contributed by atoms with Crippen LogP contribution in [0.1, 0.15) is 29.2 Å². The lowest BCUT2D eigenvalue weighted by Gasteiger charge is -2.18. The monoisotopic (exact) mass is 351 g/mol. The molecule has 0 unspecified atom stereocenters. The second-order valence-corrected chi connectivity index (χ2v) is 5.95. The maximum atomic E-state index is 6.10. The third-order valence-corrected chi connectivity index (χ3v) is 4.28. The third kappa shape index (κ3) is 2.95. The lowest BCUT2D eigenvalue weighted by molar-refractivity contribution is 0.744. The molecular weight excluding hydrogens is 326 g/mol. The average molecular weight is 351 g/mol. The van der Waals surface area contributed by atoms with Crippen molar-refractivity contribution in [2.45, 2.75) is 19.4 Å². The van der Waals surface area contributed by atoms with Crippen LogP contribution < -0.4 is 11.1 Å². The quantitative estimate of drug-likeness (QED) is 0.563. The van der Waals surface area contributed by atoms with Gasteiger partial charge in [-0.15, -0.1) is 5.10 Å². The van der Waals surface area contributed by atoms with Crippen molar-refractivity contribution in [1.29, 1.82) is 0 Å². The Labute approximate surface area is 155 Å². The van der Waals surface area contributed by atoms with Crippen molar-refractivity contribution < 1.29 is 4.28 Å². The van der Waals surface area contributed by atoms with Gasteiger partial charge in [-0.3, -0.25) is 0 Å². The van der Waals surface area contributed by atoms with Gasteiger partial charge in [-0.05, 0) is 18.1 Å². The van der Waals surface area contributed by atoms with E-state index in [4.69, 9.17) is 5.73 Å². The van der Waals surface area contributed by atoms with Crippen molar-refractivity contribution in [2.75, 3.05) is 11.1 Å². The Morgan fingerprint density at radius 1 is 1.15 bits per heavy atom. The first kappa shape index (κ1) is 16.0. The summed E-state index contributed by atoms with van der Waals surface area (Å²) < 4.78 is 1.65. The number of nitrogens with zero attached hydrogens (tertiary/aromatic N) is 5. The lowest BCUT2D eigenvalue weighted by atomic mass is 10.0. The molecule has 0 saturated heterocycles. The van der Waals surface area contributed by atoms with Crippen LogP contribution in [0.5, 0.6) is 0 Å². The number of aromatic nitrogens is 5. The van der Waals surface area contributed by atoms with Gasteiger partial charge in [0.15, 0.2) is 11.5 Å². The van der Waals surface area contributed by atoms with Crippen LogP contribution in [-0.4, -0.2) is 24.6 Å². The van der Waals surface area contributed by atoms with Crippen molar-refractivity contribution in [3.63, 3.8) is 0 Å². The maximum Gasteiger partial charge on any atom is 0.166 e. The molecule has 3 aromatic heterocycles. The largest absolute Gasteiger partial charge is 0.382 e. The molecule has 0 saturated carbocycles. The predicted octanol–water partition coefficient (Wildman–Crippen LogP) is 4.07. The molecule has 26 heavy (non-hydrogen) atoms. The molecule has 0 radical (unpaired) electrons. The summed E-state index contributed by atoms with van der Waals surface area (Å²) in [6, 6.07) is 14.2. The van der Waals surface area contributed by atoms with Crippen molar-refractivity contribution in [3.8, 4) is 11.3 Å². The van der Waals surface area contributed by atoms with Crippen LogP contribution in [0, 0.1) is 0 Å². The Morgan fingerprint density at radius 3 is 2.81 bits per heavy atom. The highest BCUT2D eigenvalue weighted by Crippen LogP contribution is 2.29. The summed E-state index contributed by atoms with van der Waals surface area (Å²) in [6.45, 7) is 2.14. The summed E-state index contributed by atoms with van der Waals surface area (Å²) in [4.78, 5) is 13.1. The van der Waals surface area contributed by atoms with E-state index in [1.807, 2.05) is 36.5 Å². The predicted molar refractivity (Wildman–Crippen MR) is 108 cm³/mol. The van der Waals surface area contributed by atoms with Gasteiger partial charge in [0.25, 0.3) is 0 Å². The van der Waals surface area contributed by atoms with Crippen molar-refractivity contribution in [1.82, 2.24) is 24.6 Å². The van der Waals surface area contributed by atoms with Crippen LogP contribution in [0.25, 0.3) is 16.9 Å². The fourth-order valence-corrected chi connectivity index (χ4v) is 3.01. The summed E-state index contributed by atoms with van der Waals surface area (Å²) in [5.74, 6) is 1.13. The van der Waals surface area contributed by atoms with Crippen molar-refractivity contribution >= 4 is 17.3 Å². The van der Waals surface area contributed by atoms with E-state index in [9.17, 15) is 0 Å². The minimum atomic E-state index is 0. The molecule has 136 valence electrons. The molecule has 3 heterocycles. The van der Waals surface area contributed by atoms with Gasteiger partial charge in [-0.25, -0.2) is 19.5 Å². The summed E-state index contributed by atoms with van der Waals surface area (Å²) in [7, 11) is 0. The molecule has 0 aliphatic carbocycles. The summed E-state index contributed by atoms with van der Waals surface area (Å²) in [5.41, 5.74) is 9.39. The highest BCUT2D eigenvalue weighted by molar-refractivity contribution is 5.84. The Bertz CT molecular complexity index is 1040. The van der Waals surface area contributed by atoms with E-state index in [0.717, 1.165) is 12.2 Å². The molecule has 4 rings (SSSR count). The van der Waals surface area contributed by atoms with E-state index in [1.165, 1.54) is 11.9 Å². The van der Waals surface area contributed by atoms with Gasteiger partial charge < -0.3 is 11.1 Å². The van der Waals surface area contributed by atoms with E-state index in [-0.39, 0.29) is 10.3 Å². The van der Waals surface area contributed by atoms with Crippen LogP contribution in [0.3, 0.4) is 0 Å². The molecule has 0 aliphatic rings. The van der Waals surface area contributed by atoms with Crippen LogP contribution in [0.15, 0.2) is 61.2 Å². The molecular formula is C19H25N7. The Morgan fingerprint density at radius 2 is 2.00 bits per heavy atom. The van der Waals surface area contributed by atoms with E-state index < -0.39 is 0 Å². The number of nitrogen functional groups attached to an aromatic ring is 1. The number of hydrogen-bond acceptors (Lipinski definition) is 6. The van der Waals surface area contributed by atoms with Crippen molar-refractivity contribution in [2.24, 2.45) is 0 Å². The summed E-state index contributed by atoms with van der Waals surface area (Å²) in [5, 5.41) is 7.77. The highest BCUT2D eigenvalue weighted by Gasteiger charge is 2.16. The maximum absolute atomic E-state index is 6.10. The average Bonchev–Trinajstić information content (AvgIpc) is 3.02. The molecule has 7 nitrogen and oxygen atoms in total. The van der Waals surface area contributed by atoms with Gasteiger partial charge in [0, 0.05) is 22.7 Å². The molecule has 1 aromatic carbocycles. The molecule has 7 heteroatoms. The molecule has 3 N–H and O–H groups in total. The van der Waals surface area contributed by atoms with Gasteiger partial charge in [-0.1, -0.05) is 37.3 Å². The Hall–Kier alpha value is -3.48. The number of benzene rings is 1. The van der Waals surface area contributed by atoms with Gasteiger partial charge >= 0.3 is 0 Å². The first-order valence-corrected chi connectivity index (χ1v) is 8.49. The SMILES string of the molecule is CC[C@H](Nc1cc(-c2c(N)nn3cccnc23)ncn1)c1ccccc1.[HH].[HH].[HH]. The number of nitrogens with one attached hydrogen (secondary N) is 1. The van der Waals surface area contributed by atoms with Gasteiger partial charge in [0.2, 0.25) is 0 Å². The fourth-order valence-electron chi connectivity index (χ4n) is 3.01. The van der Waals surface area contributed by atoms with Crippen LogP contribution in [0.2, 0.25) is 0 Å². The van der Waals surface area contributed by atoms with Gasteiger partial charge in [-0.2, -0.15) is 0 Å². The number of hydrogen-bond donors (Lipinski definition) is 2. The zero-order chi connectivity index (χ0) is 17.9. The van der Waals surface area contributed by atoms with E-state index in [2.05, 4.69) is 44.4 Å². The second-order valence-electron chi connectivity index (χ2n) is 5.95. The number of rotatable bonds is 5. The highest BCUT2D eigenvalue weighted by atomic mass is 15.3. The second kappa shape index (κ2) is 6.79. The number of anilines is 2. The van der Waals surface area contributed by atoms with Crippen LogP contribution >= 0.6 is 0 Å². The van der Waals surface area contributed by atoms with E-state index in [0.29, 0.717) is 22.7 Å². The smallest absolute Gasteiger partial charge is 0.166 e. The van der Waals surface area contributed by atoms with Crippen molar-refractivity contribution in [3.05, 3.63) is 66.7 Å². The van der Waals surface area contributed by atoms with Crippen LogP contribution in [-0.2, 0) is 0 Å². The summed E-state index contributed by atoms with van der Waals surface area (Å²) in [6.07, 6.45) is 5.99. The normalized spacial score (nSPS) is 12.2. The lowest BCUT2D eigenvalue weighted by Crippen LogP contribution is -2.11. The first-order chi connectivity index (χ1) is 12.8. The molecule has 0 fully saturated rings. The Balaban J connectivity index is 0.00000140. The van der Waals surface area contributed by atoms with Gasteiger partial charge in [0.1, 0.15) is 12.1 Å². The minimum absolute atomic E-state index is 0. The third-order valence-electron chi connectivity index (χ3n) is 4.28. The van der Waals surface area contributed by atoms with Crippen LogP contribution in [0.4, 0.5) is 11.6 Å². The Kier molecular flexibility index (Phi) is 4.18. The first-order valence-electron chi connectivity index (χ1n) is 8.49. The minimum Gasteiger partial charge on any atom is -0.382 e. The molecule has 0 spiro atoms. The molecule has 4 aromatic rings. The zero-order valence-corrected chi connectivity index (χ0v) is 14.4. The molecule has 0 bridgehead atoms. The van der Waals surface area contributed by atoms with E-state index >= 15 is 0 Å². The topological polar surface area (TPSA) is 94.0 Å². The van der Waals surface area contributed by atoms with E-state index in [1.54, 1.807) is 10.7 Å². The molecule has 0 aliphatic heterocycles. The molecule has 1 atom stereocenters. The zero-order valence-electron chi connectivity index (χ0n) is 14.4. The molecule has 0 amide bonds. The standard InChI is InChI=1S/C19H19N7.3H2/c1-2-14(13-7-4-3-5-8-13)24-16-11-15(22-12-23-16)17-18(20)25-26-10-6-9-21-19(17)26;;;/h3-12,14H,2H2,1H3,(H2,20,25)(H,22,23,24);3*1H/t14-;;;/m0.../s1.